The number of hydrogen-bond acceptors (Lipinski definition) is 5. The lowest BCUT2D eigenvalue weighted by Crippen LogP contribution is -2.25. The van der Waals surface area contributed by atoms with E-state index in [1.165, 1.54) is 7.11 Å². The number of ether oxygens (including phenoxy) is 4. The van der Waals surface area contributed by atoms with E-state index in [1.807, 2.05) is 13.0 Å². The van der Waals surface area contributed by atoms with E-state index in [9.17, 15) is 4.79 Å². The van der Waals surface area contributed by atoms with Gasteiger partial charge in [-0.2, -0.15) is 0 Å². The highest BCUT2D eigenvalue weighted by molar-refractivity contribution is 6.03. The third-order valence-electron chi connectivity index (χ3n) is 4.46. The number of methoxy groups -OCH3 is 3. The maximum absolute atomic E-state index is 13.1. The molecule has 1 unspecified atom stereocenters. The molecule has 0 saturated heterocycles. The van der Waals surface area contributed by atoms with E-state index in [2.05, 4.69) is 5.92 Å². The fourth-order valence-corrected chi connectivity index (χ4v) is 2.77. The van der Waals surface area contributed by atoms with E-state index in [0.717, 1.165) is 5.56 Å². The zero-order valence-corrected chi connectivity index (χ0v) is 17.2. The molecule has 5 heteroatoms. The molecule has 2 aromatic rings. The van der Waals surface area contributed by atoms with Crippen molar-refractivity contribution in [1.82, 2.24) is 0 Å². The van der Waals surface area contributed by atoms with Crippen LogP contribution in [0.4, 0.5) is 0 Å². The molecule has 0 aliphatic heterocycles. The molecule has 2 aromatic carbocycles. The first-order chi connectivity index (χ1) is 13.3. The van der Waals surface area contributed by atoms with Crippen molar-refractivity contribution >= 4 is 5.78 Å². The summed E-state index contributed by atoms with van der Waals surface area (Å²) in [6.07, 6.45) is 5.47. The Morgan fingerprint density at radius 2 is 1.61 bits per heavy atom. The molecule has 1 atom stereocenters. The van der Waals surface area contributed by atoms with Gasteiger partial charge in [-0.15, -0.1) is 6.42 Å². The highest BCUT2D eigenvalue weighted by atomic mass is 16.5. The van der Waals surface area contributed by atoms with Crippen molar-refractivity contribution in [3.05, 3.63) is 47.5 Å². The van der Waals surface area contributed by atoms with E-state index in [4.69, 9.17) is 25.4 Å². The normalized spacial score (nSPS) is 11.9. The van der Waals surface area contributed by atoms with Crippen LogP contribution >= 0.6 is 0 Å². The molecule has 0 aliphatic carbocycles. The summed E-state index contributed by atoms with van der Waals surface area (Å²) in [6, 6.07) is 10.5. The molecule has 0 fully saturated rings. The first kappa shape index (κ1) is 21.2. The number of terminal acetylenes is 1. The lowest BCUT2D eigenvalue weighted by atomic mass is 9.91. The third kappa shape index (κ3) is 4.58. The number of carbonyl (C=O) groups excluding carboxylic acids is 1. The molecule has 148 valence electrons. The van der Waals surface area contributed by atoms with Crippen LogP contribution in [0.3, 0.4) is 0 Å². The molecule has 0 spiro atoms. The quantitative estimate of drug-likeness (QED) is 0.497. The summed E-state index contributed by atoms with van der Waals surface area (Å²) in [6.45, 7) is 5.42. The first-order valence-corrected chi connectivity index (χ1v) is 8.87. The van der Waals surface area contributed by atoms with E-state index in [-0.39, 0.29) is 5.78 Å². The Kier molecular flexibility index (Phi) is 6.58. The van der Waals surface area contributed by atoms with E-state index >= 15 is 0 Å². The van der Waals surface area contributed by atoms with E-state index in [0.29, 0.717) is 28.6 Å². The molecule has 0 bridgehead atoms. The van der Waals surface area contributed by atoms with E-state index in [1.54, 1.807) is 58.4 Å². The maximum Gasteiger partial charge on any atom is 0.173 e. The fourth-order valence-electron chi connectivity index (χ4n) is 2.77. The summed E-state index contributed by atoms with van der Waals surface area (Å²) < 4.78 is 21.8. The summed E-state index contributed by atoms with van der Waals surface area (Å²) in [5.41, 5.74) is 0.526. The molecule has 0 aromatic heterocycles. The van der Waals surface area contributed by atoms with Gasteiger partial charge in [-0.1, -0.05) is 18.9 Å². The Bertz CT molecular complexity index is 892. The Morgan fingerprint density at radius 1 is 0.964 bits per heavy atom. The van der Waals surface area contributed by atoms with Gasteiger partial charge >= 0.3 is 0 Å². The lowest BCUT2D eigenvalue weighted by Gasteiger charge is -2.21. The number of hydrogen-bond donors (Lipinski definition) is 0. The molecule has 0 saturated carbocycles. The average Bonchev–Trinajstić information content (AvgIpc) is 2.71. The summed E-state index contributed by atoms with van der Waals surface area (Å²) >= 11 is 0. The van der Waals surface area contributed by atoms with Crippen LogP contribution < -0.4 is 18.9 Å². The topological polar surface area (TPSA) is 54.0 Å². The summed E-state index contributed by atoms with van der Waals surface area (Å²) in [4.78, 5) is 13.1. The predicted octanol–water partition coefficient (Wildman–Crippen LogP) is 4.49. The standard InChI is InChI=1S/C23H26O5/c1-8-23(3,4)28-17-10-11-18(20(14-17)26-6)22(24)15(2)16-9-12-19(25-5)21(13-16)27-7/h1,9-15H,2-7H3. The minimum absolute atomic E-state index is 0.0770. The third-order valence-corrected chi connectivity index (χ3v) is 4.46. The van der Waals surface area contributed by atoms with Gasteiger partial charge < -0.3 is 18.9 Å². The van der Waals surface area contributed by atoms with Crippen LogP contribution in [0, 0.1) is 12.3 Å². The molecule has 0 aliphatic rings. The van der Waals surface area contributed by atoms with Gasteiger partial charge in [-0.3, -0.25) is 4.79 Å². The lowest BCUT2D eigenvalue weighted by molar-refractivity contribution is 0.0963. The van der Waals surface area contributed by atoms with Crippen LogP contribution in [0.15, 0.2) is 36.4 Å². The summed E-state index contributed by atoms with van der Waals surface area (Å²) in [5, 5.41) is 0. The molecule has 2 rings (SSSR count). The fraction of sp³-hybridized carbons (Fsp3) is 0.348. The van der Waals surface area contributed by atoms with Crippen LogP contribution in [0.1, 0.15) is 42.6 Å². The zero-order chi connectivity index (χ0) is 20.9. The SMILES string of the molecule is C#CC(C)(C)Oc1ccc(C(=O)C(C)c2ccc(OC)c(OC)c2)c(OC)c1. The van der Waals surface area contributed by atoms with Crippen LogP contribution in [-0.4, -0.2) is 32.7 Å². The van der Waals surface area contributed by atoms with Crippen molar-refractivity contribution in [3.8, 4) is 35.3 Å². The Balaban J connectivity index is 2.34. The largest absolute Gasteiger partial charge is 0.496 e. The first-order valence-electron chi connectivity index (χ1n) is 8.87. The van der Waals surface area contributed by atoms with Crippen LogP contribution in [0.2, 0.25) is 0 Å². The van der Waals surface area contributed by atoms with Gasteiger partial charge in [0.25, 0.3) is 0 Å². The Morgan fingerprint density at radius 3 is 2.18 bits per heavy atom. The van der Waals surface area contributed by atoms with Gasteiger partial charge in [0, 0.05) is 12.0 Å². The van der Waals surface area contributed by atoms with Crippen molar-refractivity contribution in [2.75, 3.05) is 21.3 Å². The second-order valence-corrected chi connectivity index (χ2v) is 6.82. The van der Waals surface area contributed by atoms with E-state index < -0.39 is 11.5 Å². The molecular formula is C23H26O5. The maximum atomic E-state index is 13.1. The molecule has 5 nitrogen and oxygen atoms in total. The molecule has 0 heterocycles. The van der Waals surface area contributed by atoms with Crippen LogP contribution in [0.25, 0.3) is 0 Å². The molecular weight excluding hydrogens is 356 g/mol. The van der Waals surface area contributed by atoms with Gasteiger partial charge in [-0.05, 0) is 43.7 Å². The molecule has 0 N–H and O–H groups in total. The second kappa shape index (κ2) is 8.71. The van der Waals surface area contributed by atoms with Gasteiger partial charge in [0.1, 0.15) is 11.5 Å². The number of ketones is 1. The minimum atomic E-state index is -0.760. The number of rotatable bonds is 8. The molecule has 0 amide bonds. The van der Waals surface area contributed by atoms with Gasteiger partial charge in [0.05, 0.1) is 26.9 Å². The predicted molar refractivity (Wildman–Crippen MR) is 109 cm³/mol. The summed E-state index contributed by atoms with van der Waals surface area (Å²) in [7, 11) is 4.65. The average molecular weight is 382 g/mol. The monoisotopic (exact) mass is 382 g/mol. The zero-order valence-electron chi connectivity index (χ0n) is 17.2. The minimum Gasteiger partial charge on any atom is -0.496 e. The highest BCUT2D eigenvalue weighted by Gasteiger charge is 2.23. The van der Waals surface area contributed by atoms with Gasteiger partial charge in [0.15, 0.2) is 22.9 Å². The van der Waals surface area contributed by atoms with Crippen LogP contribution in [-0.2, 0) is 0 Å². The Hall–Kier alpha value is -3.13. The molecule has 0 radical (unpaired) electrons. The van der Waals surface area contributed by atoms with Gasteiger partial charge in [0.2, 0.25) is 0 Å². The number of benzene rings is 2. The van der Waals surface area contributed by atoms with Crippen LogP contribution in [0.5, 0.6) is 23.0 Å². The smallest absolute Gasteiger partial charge is 0.173 e. The second-order valence-electron chi connectivity index (χ2n) is 6.82. The van der Waals surface area contributed by atoms with Crippen molar-refractivity contribution < 1.29 is 23.7 Å². The molecule has 28 heavy (non-hydrogen) atoms. The highest BCUT2D eigenvalue weighted by Crippen LogP contribution is 2.34. The number of Topliss-reactive ketones (excluding diaryl/α,β-unsaturated/α-hetero) is 1. The van der Waals surface area contributed by atoms with Crippen molar-refractivity contribution in [2.45, 2.75) is 32.3 Å². The van der Waals surface area contributed by atoms with Gasteiger partial charge in [-0.25, -0.2) is 0 Å². The van der Waals surface area contributed by atoms with Crippen molar-refractivity contribution in [2.24, 2.45) is 0 Å². The summed E-state index contributed by atoms with van der Waals surface area (Å²) in [5.74, 6) is 4.25. The Labute approximate surface area is 166 Å². The van der Waals surface area contributed by atoms with Crippen molar-refractivity contribution in [3.63, 3.8) is 0 Å². The number of carbonyl (C=O) groups is 1. The van der Waals surface area contributed by atoms with Crippen molar-refractivity contribution in [1.29, 1.82) is 0 Å².